The molecule has 2 aromatic carbocycles. The summed E-state index contributed by atoms with van der Waals surface area (Å²) in [6.07, 6.45) is 1.57. The molecule has 0 saturated carbocycles. The van der Waals surface area contributed by atoms with Gasteiger partial charge in [0, 0.05) is 10.6 Å². The lowest BCUT2D eigenvalue weighted by atomic mass is 10.0. The van der Waals surface area contributed by atoms with E-state index in [1.807, 2.05) is 0 Å². The van der Waals surface area contributed by atoms with E-state index < -0.39 is 12.6 Å². The number of carboxylic acids is 1. The van der Waals surface area contributed by atoms with Gasteiger partial charge in [-0.3, -0.25) is 0 Å². The molecule has 2 aromatic rings. The number of methoxy groups -OCH3 is 2. The summed E-state index contributed by atoms with van der Waals surface area (Å²) in [5.74, 6) is 0.238. The Balaban J connectivity index is 2.47. The van der Waals surface area contributed by atoms with Crippen molar-refractivity contribution in [2.45, 2.75) is 0 Å². The maximum absolute atomic E-state index is 10.7. The number of aliphatic carboxylic acids is 1. The normalized spacial score (nSPS) is 10.8. The van der Waals surface area contributed by atoms with E-state index in [0.29, 0.717) is 39.0 Å². The van der Waals surface area contributed by atoms with Crippen molar-refractivity contribution in [1.29, 1.82) is 5.26 Å². The molecule has 0 aromatic heterocycles. The standard InChI is InChI=1S/C19H16ClNO5/c1-24-17-5-3-12(9-18(17)25-2)14(10-21)7-13-8-15(20)4-6-16(13)26-11-19(22)23/h3-9H,11H2,1-2H3,(H,22,23)/b14-7+. The van der Waals surface area contributed by atoms with Crippen molar-refractivity contribution in [3.05, 3.63) is 52.5 Å². The van der Waals surface area contributed by atoms with E-state index >= 15 is 0 Å². The second-order valence-corrected chi connectivity index (χ2v) is 5.54. The van der Waals surface area contributed by atoms with Crippen LogP contribution in [-0.4, -0.2) is 31.9 Å². The third-order valence-corrected chi connectivity index (χ3v) is 3.67. The number of halogens is 1. The van der Waals surface area contributed by atoms with Gasteiger partial charge in [-0.25, -0.2) is 4.79 Å². The lowest BCUT2D eigenvalue weighted by molar-refractivity contribution is -0.139. The fourth-order valence-electron chi connectivity index (χ4n) is 2.24. The van der Waals surface area contributed by atoms with E-state index in [-0.39, 0.29) is 0 Å². The Bertz CT molecular complexity index is 886. The molecule has 134 valence electrons. The number of carboxylic acid groups (broad SMARTS) is 1. The molecule has 0 heterocycles. The summed E-state index contributed by atoms with van der Waals surface area (Å²) in [5, 5.41) is 18.8. The van der Waals surface area contributed by atoms with E-state index in [9.17, 15) is 10.1 Å². The van der Waals surface area contributed by atoms with E-state index in [1.165, 1.54) is 14.2 Å². The smallest absolute Gasteiger partial charge is 0.341 e. The largest absolute Gasteiger partial charge is 0.493 e. The summed E-state index contributed by atoms with van der Waals surface area (Å²) in [7, 11) is 3.03. The first-order chi connectivity index (χ1) is 12.5. The van der Waals surface area contributed by atoms with Gasteiger partial charge < -0.3 is 19.3 Å². The Kier molecular flexibility index (Phi) is 6.48. The molecule has 0 unspecified atom stereocenters. The van der Waals surface area contributed by atoms with Crippen LogP contribution in [0.2, 0.25) is 5.02 Å². The number of rotatable bonds is 7. The van der Waals surface area contributed by atoms with Crippen molar-refractivity contribution >= 4 is 29.2 Å². The van der Waals surface area contributed by atoms with Crippen molar-refractivity contribution in [2.24, 2.45) is 0 Å². The Hall–Kier alpha value is -3.17. The highest BCUT2D eigenvalue weighted by molar-refractivity contribution is 6.30. The predicted molar refractivity (Wildman–Crippen MR) is 97.6 cm³/mol. The van der Waals surface area contributed by atoms with Crippen molar-refractivity contribution in [2.75, 3.05) is 20.8 Å². The van der Waals surface area contributed by atoms with Crippen molar-refractivity contribution < 1.29 is 24.1 Å². The topological polar surface area (TPSA) is 88.8 Å². The first-order valence-electron chi connectivity index (χ1n) is 7.46. The average molecular weight is 374 g/mol. The minimum Gasteiger partial charge on any atom is -0.493 e. The van der Waals surface area contributed by atoms with E-state index in [2.05, 4.69) is 6.07 Å². The van der Waals surface area contributed by atoms with Gasteiger partial charge in [0.2, 0.25) is 0 Å². The summed E-state index contributed by atoms with van der Waals surface area (Å²) in [4.78, 5) is 10.7. The number of allylic oxidation sites excluding steroid dienone is 1. The summed E-state index contributed by atoms with van der Waals surface area (Å²) in [6.45, 7) is -0.499. The minimum absolute atomic E-state index is 0.310. The molecule has 0 bridgehead atoms. The molecule has 0 radical (unpaired) electrons. The first-order valence-corrected chi connectivity index (χ1v) is 7.84. The highest BCUT2D eigenvalue weighted by Gasteiger charge is 2.11. The van der Waals surface area contributed by atoms with Crippen molar-refractivity contribution in [1.82, 2.24) is 0 Å². The second-order valence-electron chi connectivity index (χ2n) is 5.10. The van der Waals surface area contributed by atoms with Gasteiger partial charge in [0.15, 0.2) is 18.1 Å². The van der Waals surface area contributed by atoms with E-state index in [4.69, 9.17) is 30.9 Å². The molecule has 2 rings (SSSR count). The molecule has 0 saturated heterocycles. The molecule has 0 aliphatic rings. The summed E-state index contributed by atoms with van der Waals surface area (Å²) >= 11 is 6.02. The number of nitrogens with zero attached hydrogens (tertiary/aromatic N) is 1. The second kappa shape index (κ2) is 8.79. The molecular formula is C19H16ClNO5. The van der Waals surface area contributed by atoms with Crippen LogP contribution in [0.25, 0.3) is 11.6 Å². The van der Waals surface area contributed by atoms with Gasteiger partial charge in [-0.1, -0.05) is 11.6 Å². The van der Waals surface area contributed by atoms with Gasteiger partial charge in [-0.05, 0) is 48.0 Å². The van der Waals surface area contributed by atoms with Crippen LogP contribution in [0.15, 0.2) is 36.4 Å². The quantitative estimate of drug-likeness (QED) is 0.585. The molecule has 7 heteroatoms. The van der Waals surface area contributed by atoms with Gasteiger partial charge in [0.05, 0.1) is 25.9 Å². The van der Waals surface area contributed by atoms with Crippen LogP contribution in [0, 0.1) is 11.3 Å². The van der Waals surface area contributed by atoms with Crippen LogP contribution in [0.1, 0.15) is 11.1 Å². The molecule has 0 fully saturated rings. The van der Waals surface area contributed by atoms with E-state index in [1.54, 1.807) is 42.5 Å². The molecule has 0 aliphatic carbocycles. The summed E-state index contributed by atoms with van der Waals surface area (Å²) < 4.78 is 15.7. The number of ether oxygens (including phenoxy) is 3. The zero-order valence-electron chi connectivity index (χ0n) is 14.2. The first kappa shape index (κ1) is 19.2. The Morgan fingerprint density at radius 3 is 2.46 bits per heavy atom. The van der Waals surface area contributed by atoms with Gasteiger partial charge >= 0.3 is 5.97 Å². The summed E-state index contributed by atoms with van der Waals surface area (Å²) in [6, 6.07) is 11.9. The number of hydrogen-bond donors (Lipinski definition) is 1. The lowest BCUT2D eigenvalue weighted by Gasteiger charge is -2.10. The number of hydrogen-bond acceptors (Lipinski definition) is 5. The zero-order chi connectivity index (χ0) is 19.1. The molecular weight excluding hydrogens is 358 g/mol. The van der Waals surface area contributed by atoms with Crippen LogP contribution in [0.4, 0.5) is 0 Å². The van der Waals surface area contributed by atoms with Gasteiger partial charge in [0.25, 0.3) is 0 Å². The van der Waals surface area contributed by atoms with Gasteiger partial charge in [-0.15, -0.1) is 0 Å². The molecule has 0 amide bonds. The molecule has 0 spiro atoms. The van der Waals surface area contributed by atoms with Crippen LogP contribution >= 0.6 is 11.6 Å². The Morgan fingerprint density at radius 1 is 1.15 bits per heavy atom. The molecule has 6 nitrogen and oxygen atoms in total. The van der Waals surface area contributed by atoms with Crippen LogP contribution in [0.5, 0.6) is 17.2 Å². The monoisotopic (exact) mass is 373 g/mol. The fourth-order valence-corrected chi connectivity index (χ4v) is 2.42. The van der Waals surface area contributed by atoms with Gasteiger partial charge in [-0.2, -0.15) is 5.26 Å². The highest BCUT2D eigenvalue weighted by Crippen LogP contribution is 2.32. The molecule has 0 aliphatic heterocycles. The zero-order valence-corrected chi connectivity index (χ0v) is 14.9. The number of carbonyl (C=O) groups is 1. The fraction of sp³-hybridized carbons (Fsp3) is 0.158. The maximum Gasteiger partial charge on any atom is 0.341 e. The average Bonchev–Trinajstić information content (AvgIpc) is 2.64. The predicted octanol–water partition coefficient (Wildman–Crippen LogP) is 3.88. The third-order valence-electron chi connectivity index (χ3n) is 3.44. The molecule has 1 N–H and O–H groups in total. The van der Waals surface area contributed by atoms with Crippen molar-refractivity contribution in [3.8, 4) is 23.3 Å². The Morgan fingerprint density at radius 2 is 1.85 bits per heavy atom. The lowest BCUT2D eigenvalue weighted by Crippen LogP contribution is -2.10. The molecule has 0 atom stereocenters. The Labute approximate surface area is 155 Å². The number of benzene rings is 2. The summed E-state index contributed by atoms with van der Waals surface area (Å²) in [5.41, 5.74) is 1.42. The maximum atomic E-state index is 10.7. The third kappa shape index (κ3) is 4.68. The highest BCUT2D eigenvalue weighted by atomic mass is 35.5. The van der Waals surface area contributed by atoms with E-state index in [0.717, 1.165) is 0 Å². The number of nitriles is 1. The van der Waals surface area contributed by atoms with Crippen LogP contribution in [-0.2, 0) is 4.79 Å². The van der Waals surface area contributed by atoms with Gasteiger partial charge in [0.1, 0.15) is 5.75 Å². The van der Waals surface area contributed by atoms with Crippen molar-refractivity contribution in [3.63, 3.8) is 0 Å². The SMILES string of the molecule is COc1ccc(/C(C#N)=C/c2cc(Cl)ccc2OCC(=O)O)cc1OC. The minimum atomic E-state index is -1.10. The van der Waals surface area contributed by atoms with Crippen LogP contribution < -0.4 is 14.2 Å². The van der Waals surface area contributed by atoms with Crippen LogP contribution in [0.3, 0.4) is 0 Å². The molecule has 26 heavy (non-hydrogen) atoms.